The van der Waals surface area contributed by atoms with Crippen molar-refractivity contribution in [2.75, 3.05) is 38.2 Å². The van der Waals surface area contributed by atoms with Gasteiger partial charge in [-0.15, -0.1) is 5.10 Å². The third kappa shape index (κ3) is 3.99. The maximum atomic E-state index is 5.50. The second-order valence-corrected chi connectivity index (χ2v) is 9.42. The van der Waals surface area contributed by atoms with E-state index in [9.17, 15) is 0 Å². The van der Waals surface area contributed by atoms with Crippen molar-refractivity contribution in [1.82, 2.24) is 19.5 Å². The Morgan fingerprint density at radius 3 is 2.72 bits per heavy atom. The molecule has 0 spiro atoms. The maximum absolute atomic E-state index is 5.50. The highest BCUT2D eigenvalue weighted by Crippen LogP contribution is 2.27. The number of imidazole rings is 1. The Balaban J connectivity index is 1.30. The normalized spacial score (nSPS) is 23.6. The van der Waals surface area contributed by atoms with Crippen LogP contribution in [0.2, 0.25) is 0 Å². The van der Waals surface area contributed by atoms with Gasteiger partial charge in [0, 0.05) is 37.7 Å². The Labute approximate surface area is 153 Å². The molecule has 4 rings (SSSR count). The van der Waals surface area contributed by atoms with Crippen molar-refractivity contribution < 1.29 is 4.74 Å². The Kier molecular flexibility index (Phi) is 4.73. The van der Waals surface area contributed by atoms with Crippen LogP contribution in [0.15, 0.2) is 6.20 Å². The molecular formula is C18H29N5OS. The quantitative estimate of drug-likeness (QED) is 0.905. The Morgan fingerprint density at radius 1 is 1.28 bits per heavy atom. The molecule has 2 fully saturated rings. The number of anilines is 1. The van der Waals surface area contributed by atoms with Crippen molar-refractivity contribution in [3.63, 3.8) is 0 Å². The number of nitrogens with zero attached hydrogens (tertiary/aromatic N) is 4. The topological polar surface area (TPSA) is 54.7 Å². The van der Waals surface area contributed by atoms with Crippen molar-refractivity contribution in [2.45, 2.75) is 51.5 Å². The lowest BCUT2D eigenvalue weighted by Crippen LogP contribution is -2.41. The van der Waals surface area contributed by atoms with Crippen LogP contribution in [0.1, 0.15) is 45.7 Å². The molecule has 1 N–H and O–H groups in total. The lowest BCUT2D eigenvalue weighted by Gasteiger charge is -2.33. The number of fused-ring (bicyclic) bond motifs is 1. The molecule has 0 radical (unpaired) electrons. The van der Waals surface area contributed by atoms with Gasteiger partial charge in [-0.1, -0.05) is 32.1 Å². The van der Waals surface area contributed by atoms with E-state index >= 15 is 0 Å². The average molecular weight is 364 g/mol. The molecule has 6 nitrogen and oxygen atoms in total. The molecular weight excluding hydrogens is 334 g/mol. The van der Waals surface area contributed by atoms with Crippen molar-refractivity contribution in [3.8, 4) is 0 Å². The van der Waals surface area contributed by atoms with E-state index in [-0.39, 0.29) is 5.41 Å². The molecule has 2 aromatic rings. The maximum Gasteiger partial charge on any atom is 0.214 e. The lowest BCUT2D eigenvalue weighted by molar-refractivity contribution is 0.154. The summed E-state index contributed by atoms with van der Waals surface area (Å²) in [6.07, 6.45) is 5.66. The Bertz CT molecular complexity index is 673. The standard InChI is InChI=1S/C18H29N5OS/c1-18(2,3)15-11-23-17(20-15)25-16(21-23)19-14-4-7-22(8-5-14)10-13-6-9-24-12-13/h11,13-14H,4-10,12H2,1-3H3,(H,19,21). The van der Waals surface area contributed by atoms with E-state index in [0.29, 0.717) is 6.04 Å². The SMILES string of the molecule is CC(C)(C)c1cn2nc(NC3CCN(CC4CCOC4)CC3)sc2n1. The Hall–Kier alpha value is -1.18. The van der Waals surface area contributed by atoms with E-state index in [0.717, 1.165) is 34.9 Å². The van der Waals surface area contributed by atoms with Crippen LogP contribution >= 0.6 is 11.3 Å². The first kappa shape index (κ1) is 17.2. The average Bonchev–Trinajstić information content (AvgIpc) is 3.24. The first-order chi connectivity index (χ1) is 12.0. The van der Waals surface area contributed by atoms with E-state index in [1.807, 2.05) is 4.52 Å². The van der Waals surface area contributed by atoms with Crippen LogP contribution in [0.25, 0.3) is 4.96 Å². The zero-order valence-electron chi connectivity index (χ0n) is 15.5. The third-order valence-electron chi connectivity index (χ3n) is 5.27. The summed E-state index contributed by atoms with van der Waals surface area (Å²) in [7, 11) is 0. The molecule has 1 atom stereocenters. The van der Waals surface area contributed by atoms with Gasteiger partial charge in [-0.25, -0.2) is 9.50 Å². The fraction of sp³-hybridized carbons (Fsp3) is 0.778. The molecule has 0 aliphatic carbocycles. The van der Waals surface area contributed by atoms with E-state index in [2.05, 4.69) is 42.3 Å². The molecule has 7 heteroatoms. The number of likely N-dealkylation sites (tertiary alicyclic amines) is 1. The first-order valence-electron chi connectivity index (χ1n) is 9.41. The van der Waals surface area contributed by atoms with E-state index in [4.69, 9.17) is 9.72 Å². The molecule has 4 heterocycles. The van der Waals surface area contributed by atoms with Gasteiger partial charge in [0.25, 0.3) is 0 Å². The van der Waals surface area contributed by atoms with Crippen LogP contribution in [0.3, 0.4) is 0 Å². The highest BCUT2D eigenvalue weighted by Gasteiger charge is 2.25. The van der Waals surface area contributed by atoms with Gasteiger partial charge in [0.05, 0.1) is 18.5 Å². The van der Waals surface area contributed by atoms with Gasteiger partial charge in [0.1, 0.15) is 0 Å². The zero-order valence-corrected chi connectivity index (χ0v) is 16.3. The number of piperidine rings is 1. The highest BCUT2D eigenvalue weighted by atomic mass is 32.1. The molecule has 25 heavy (non-hydrogen) atoms. The van der Waals surface area contributed by atoms with Crippen LogP contribution in [0.4, 0.5) is 5.13 Å². The van der Waals surface area contributed by atoms with Crippen LogP contribution in [0, 0.1) is 5.92 Å². The van der Waals surface area contributed by atoms with Crippen molar-refractivity contribution in [2.24, 2.45) is 5.92 Å². The molecule has 0 amide bonds. The number of hydrogen-bond acceptors (Lipinski definition) is 6. The number of aromatic nitrogens is 3. The summed E-state index contributed by atoms with van der Waals surface area (Å²) in [6.45, 7) is 12.0. The molecule has 138 valence electrons. The molecule has 0 saturated carbocycles. The predicted molar refractivity (Wildman–Crippen MR) is 102 cm³/mol. The van der Waals surface area contributed by atoms with Gasteiger partial charge in [-0.3, -0.25) is 0 Å². The molecule has 2 aliphatic heterocycles. The second-order valence-electron chi connectivity index (χ2n) is 8.46. The van der Waals surface area contributed by atoms with E-state index in [1.165, 1.54) is 38.9 Å². The number of ether oxygens (including phenoxy) is 1. The van der Waals surface area contributed by atoms with Crippen LogP contribution in [0.5, 0.6) is 0 Å². The highest BCUT2D eigenvalue weighted by molar-refractivity contribution is 7.20. The minimum Gasteiger partial charge on any atom is -0.381 e. The summed E-state index contributed by atoms with van der Waals surface area (Å²) < 4.78 is 7.41. The van der Waals surface area contributed by atoms with Gasteiger partial charge in [-0.05, 0) is 25.2 Å². The summed E-state index contributed by atoms with van der Waals surface area (Å²) in [5.74, 6) is 0.744. The van der Waals surface area contributed by atoms with Crippen molar-refractivity contribution >= 4 is 21.4 Å². The Morgan fingerprint density at radius 2 is 2.08 bits per heavy atom. The van der Waals surface area contributed by atoms with E-state index in [1.54, 1.807) is 11.3 Å². The summed E-state index contributed by atoms with van der Waals surface area (Å²) >= 11 is 1.65. The summed E-state index contributed by atoms with van der Waals surface area (Å²) in [4.78, 5) is 8.30. The second kappa shape index (κ2) is 6.85. The van der Waals surface area contributed by atoms with Gasteiger partial charge < -0.3 is 15.0 Å². The predicted octanol–water partition coefficient (Wildman–Crippen LogP) is 3.00. The minimum atomic E-state index is 0.0677. The molecule has 1 unspecified atom stereocenters. The van der Waals surface area contributed by atoms with Gasteiger partial charge >= 0.3 is 0 Å². The van der Waals surface area contributed by atoms with Crippen molar-refractivity contribution in [3.05, 3.63) is 11.9 Å². The van der Waals surface area contributed by atoms with Gasteiger partial charge in [-0.2, -0.15) is 0 Å². The zero-order chi connectivity index (χ0) is 17.4. The monoisotopic (exact) mass is 363 g/mol. The third-order valence-corrected chi connectivity index (χ3v) is 6.12. The first-order valence-corrected chi connectivity index (χ1v) is 10.2. The van der Waals surface area contributed by atoms with Crippen LogP contribution < -0.4 is 5.32 Å². The molecule has 2 aliphatic rings. The minimum absolute atomic E-state index is 0.0677. The number of nitrogens with one attached hydrogen (secondary N) is 1. The summed E-state index contributed by atoms with van der Waals surface area (Å²) in [6, 6.07) is 0.522. The fourth-order valence-electron chi connectivity index (χ4n) is 3.65. The molecule has 0 bridgehead atoms. The van der Waals surface area contributed by atoms with Crippen LogP contribution in [-0.2, 0) is 10.2 Å². The number of hydrogen-bond donors (Lipinski definition) is 1. The van der Waals surface area contributed by atoms with Gasteiger partial charge in [0.15, 0.2) is 0 Å². The molecule has 0 aromatic carbocycles. The summed E-state index contributed by atoms with van der Waals surface area (Å²) in [5, 5.41) is 9.29. The molecule has 2 saturated heterocycles. The lowest BCUT2D eigenvalue weighted by atomic mass is 9.93. The van der Waals surface area contributed by atoms with Gasteiger partial charge in [0.2, 0.25) is 10.1 Å². The fourth-order valence-corrected chi connectivity index (χ4v) is 4.51. The smallest absolute Gasteiger partial charge is 0.214 e. The largest absolute Gasteiger partial charge is 0.381 e. The van der Waals surface area contributed by atoms with Crippen molar-refractivity contribution in [1.29, 1.82) is 0 Å². The number of rotatable bonds is 4. The van der Waals surface area contributed by atoms with E-state index < -0.39 is 0 Å². The van der Waals surface area contributed by atoms with Crippen LogP contribution in [-0.4, -0.2) is 58.4 Å². The summed E-state index contributed by atoms with van der Waals surface area (Å²) in [5.41, 5.74) is 1.17. The molecule has 2 aromatic heterocycles.